The maximum atomic E-state index is 12.5. The molecule has 0 bridgehead atoms. The van der Waals surface area contributed by atoms with Gasteiger partial charge in [0.05, 0.1) is 28.9 Å². The molecule has 8 heteroatoms. The Hall–Kier alpha value is -4.33. The van der Waals surface area contributed by atoms with E-state index in [1.807, 2.05) is 0 Å². The molecule has 1 aliphatic rings. The number of aromatic hydroxyl groups is 1. The molecule has 1 heterocycles. The Kier molecular flexibility index (Phi) is 5.53. The second-order valence-corrected chi connectivity index (χ2v) is 6.68. The number of amides is 2. The van der Waals surface area contributed by atoms with Gasteiger partial charge in [-0.1, -0.05) is 24.3 Å². The zero-order valence-corrected chi connectivity index (χ0v) is 16.3. The average molecular weight is 415 g/mol. The minimum Gasteiger partial charge on any atom is -0.508 e. The Morgan fingerprint density at radius 1 is 0.839 bits per heavy atom. The maximum absolute atomic E-state index is 12.5. The fourth-order valence-electron chi connectivity index (χ4n) is 3.11. The molecule has 0 radical (unpaired) electrons. The molecule has 0 aliphatic carbocycles. The summed E-state index contributed by atoms with van der Waals surface area (Å²) in [7, 11) is 0. The predicted octanol–water partition coefficient (Wildman–Crippen LogP) is 4.26. The lowest BCUT2D eigenvalue weighted by atomic mass is 10.1. The first-order valence-corrected chi connectivity index (χ1v) is 9.47. The van der Waals surface area contributed by atoms with Gasteiger partial charge in [-0.25, -0.2) is 4.79 Å². The van der Waals surface area contributed by atoms with Crippen LogP contribution in [-0.4, -0.2) is 40.9 Å². The van der Waals surface area contributed by atoms with Gasteiger partial charge in [-0.05, 0) is 48.5 Å². The molecule has 0 saturated heterocycles. The van der Waals surface area contributed by atoms with Crippen molar-refractivity contribution >= 4 is 29.2 Å². The van der Waals surface area contributed by atoms with Gasteiger partial charge in [-0.3, -0.25) is 14.5 Å². The molecule has 0 spiro atoms. The molecule has 0 fully saturated rings. The van der Waals surface area contributed by atoms with Crippen LogP contribution in [0.25, 0.3) is 0 Å². The van der Waals surface area contributed by atoms with Crippen molar-refractivity contribution in [2.24, 2.45) is 10.2 Å². The van der Waals surface area contributed by atoms with E-state index in [1.165, 1.54) is 12.1 Å². The SMILES string of the molecule is O=C(OCCN1C(=O)c2ccccc2C1=O)c1ccccc1N=Nc1ccc(O)cc1. The Bertz CT molecular complexity index is 1150. The second-order valence-electron chi connectivity index (χ2n) is 6.68. The van der Waals surface area contributed by atoms with E-state index in [2.05, 4.69) is 10.2 Å². The van der Waals surface area contributed by atoms with Crippen LogP contribution in [0, 0.1) is 0 Å². The van der Waals surface area contributed by atoms with Crippen LogP contribution >= 0.6 is 0 Å². The first kappa shape index (κ1) is 20.0. The number of benzene rings is 3. The number of fused-ring (bicyclic) bond motifs is 1. The number of hydrogen-bond donors (Lipinski definition) is 1. The fourth-order valence-corrected chi connectivity index (χ4v) is 3.11. The van der Waals surface area contributed by atoms with E-state index in [-0.39, 0.29) is 24.5 Å². The van der Waals surface area contributed by atoms with Gasteiger partial charge in [0.2, 0.25) is 0 Å². The van der Waals surface area contributed by atoms with Crippen LogP contribution in [0.4, 0.5) is 11.4 Å². The van der Waals surface area contributed by atoms with Crippen molar-refractivity contribution < 1.29 is 24.2 Å². The van der Waals surface area contributed by atoms with Gasteiger partial charge in [0.25, 0.3) is 11.8 Å². The lowest BCUT2D eigenvalue weighted by Crippen LogP contribution is -2.33. The molecule has 0 saturated carbocycles. The van der Waals surface area contributed by atoms with Crippen molar-refractivity contribution in [3.8, 4) is 5.75 Å². The number of azo groups is 1. The van der Waals surface area contributed by atoms with Crippen molar-refractivity contribution in [3.63, 3.8) is 0 Å². The van der Waals surface area contributed by atoms with Crippen LogP contribution in [0.2, 0.25) is 0 Å². The fraction of sp³-hybridized carbons (Fsp3) is 0.0870. The number of nitrogens with zero attached hydrogens (tertiary/aromatic N) is 3. The Labute approximate surface area is 177 Å². The highest BCUT2D eigenvalue weighted by molar-refractivity contribution is 6.21. The number of phenolic OH excluding ortho intramolecular Hbond substituents is 1. The van der Waals surface area contributed by atoms with Gasteiger partial charge in [0.1, 0.15) is 18.0 Å². The largest absolute Gasteiger partial charge is 0.508 e. The highest BCUT2D eigenvalue weighted by Gasteiger charge is 2.34. The van der Waals surface area contributed by atoms with Crippen LogP contribution in [0.1, 0.15) is 31.1 Å². The van der Waals surface area contributed by atoms with Crippen LogP contribution in [0.15, 0.2) is 83.0 Å². The summed E-state index contributed by atoms with van der Waals surface area (Å²) < 4.78 is 5.27. The molecule has 1 aliphatic heterocycles. The lowest BCUT2D eigenvalue weighted by Gasteiger charge is -2.14. The molecule has 8 nitrogen and oxygen atoms in total. The highest BCUT2D eigenvalue weighted by Crippen LogP contribution is 2.25. The molecule has 154 valence electrons. The number of carbonyl (C=O) groups excluding carboxylic acids is 3. The lowest BCUT2D eigenvalue weighted by molar-refractivity contribution is 0.0421. The van der Waals surface area contributed by atoms with E-state index < -0.39 is 17.8 Å². The monoisotopic (exact) mass is 415 g/mol. The topological polar surface area (TPSA) is 109 Å². The van der Waals surface area contributed by atoms with Crippen LogP contribution in [-0.2, 0) is 4.74 Å². The molecule has 0 unspecified atom stereocenters. The minimum atomic E-state index is -0.642. The quantitative estimate of drug-likeness (QED) is 0.368. The smallest absolute Gasteiger partial charge is 0.340 e. The van der Waals surface area contributed by atoms with E-state index in [0.717, 1.165) is 4.90 Å². The predicted molar refractivity (Wildman–Crippen MR) is 111 cm³/mol. The third kappa shape index (κ3) is 4.18. The number of ether oxygens (including phenoxy) is 1. The van der Waals surface area contributed by atoms with E-state index >= 15 is 0 Å². The third-order valence-corrected chi connectivity index (χ3v) is 4.67. The molecule has 2 amide bonds. The molecule has 1 N–H and O–H groups in total. The normalized spacial score (nSPS) is 13.0. The van der Waals surface area contributed by atoms with Crippen molar-refractivity contribution in [1.29, 1.82) is 0 Å². The Morgan fingerprint density at radius 3 is 2.13 bits per heavy atom. The zero-order valence-electron chi connectivity index (χ0n) is 16.3. The number of hydrogen-bond acceptors (Lipinski definition) is 7. The molecular weight excluding hydrogens is 398 g/mol. The van der Waals surface area contributed by atoms with Gasteiger partial charge in [0.15, 0.2) is 0 Å². The summed E-state index contributed by atoms with van der Waals surface area (Å²) in [6.07, 6.45) is 0. The van der Waals surface area contributed by atoms with Gasteiger partial charge < -0.3 is 9.84 Å². The van der Waals surface area contributed by atoms with Crippen molar-refractivity contribution in [3.05, 3.63) is 89.5 Å². The molecule has 3 aromatic carbocycles. The van der Waals surface area contributed by atoms with Crippen molar-refractivity contribution in [2.75, 3.05) is 13.2 Å². The van der Waals surface area contributed by atoms with Crippen LogP contribution in [0.5, 0.6) is 5.75 Å². The molecule has 0 atom stereocenters. The first-order chi connectivity index (χ1) is 15.0. The van der Waals surface area contributed by atoms with Crippen LogP contribution in [0.3, 0.4) is 0 Å². The van der Waals surface area contributed by atoms with Crippen molar-refractivity contribution in [2.45, 2.75) is 0 Å². The summed E-state index contributed by atoms with van der Waals surface area (Å²) in [5.74, 6) is -1.34. The molecule has 31 heavy (non-hydrogen) atoms. The Balaban J connectivity index is 1.40. The van der Waals surface area contributed by atoms with E-state index in [9.17, 15) is 19.5 Å². The highest BCUT2D eigenvalue weighted by atomic mass is 16.5. The Morgan fingerprint density at radius 2 is 1.45 bits per heavy atom. The molecular formula is C23H17N3O5. The number of phenols is 1. The number of esters is 1. The number of carbonyl (C=O) groups is 3. The average Bonchev–Trinajstić information content (AvgIpc) is 3.04. The number of imide groups is 1. The molecule has 3 aromatic rings. The van der Waals surface area contributed by atoms with Crippen molar-refractivity contribution in [1.82, 2.24) is 4.90 Å². The third-order valence-electron chi connectivity index (χ3n) is 4.67. The van der Waals surface area contributed by atoms with Gasteiger partial charge in [0, 0.05) is 0 Å². The number of rotatable bonds is 6. The maximum Gasteiger partial charge on any atom is 0.340 e. The molecule has 0 aromatic heterocycles. The first-order valence-electron chi connectivity index (χ1n) is 9.47. The van der Waals surface area contributed by atoms with Gasteiger partial charge in [-0.2, -0.15) is 5.11 Å². The van der Waals surface area contributed by atoms with E-state index in [1.54, 1.807) is 60.7 Å². The second kappa shape index (κ2) is 8.58. The minimum absolute atomic E-state index is 0.0463. The van der Waals surface area contributed by atoms with E-state index in [4.69, 9.17) is 4.74 Å². The van der Waals surface area contributed by atoms with Gasteiger partial charge >= 0.3 is 5.97 Å². The summed E-state index contributed by atoms with van der Waals surface area (Å²) in [4.78, 5) is 38.3. The summed E-state index contributed by atoms with van der Waals surface area (Å²) in [5.41, 5.74) is 1.71. The van der Waals surface area contributed by atoms with Crippen LogP contribution < -0.4 is 0 Å². The van der Waals surface area contributed by atoms with E-state index in [0.29, 0.717) is 22.5 Å². The van der Waals surface area contributed by atoms with Gasteiger partial charge in [-0.15, -0.1) is 5.11 Å². The summed E-state index contributed by atoms with van der Waals surface area (Å²) in [6, 6.07) is 19.2. The summed E-state index contributed by atoms with van der Waals surface area (Å²) in [6.45, 7) is -0.191. The standard InChI is InChI=1S/C23H17N3O5/c27-16-11-9-15(10-12-16)24-25-20-8-4-3-7-19(20)23(30)31-14-13-26-21(28)17-5-1-2-6-18(17)22(26)29/h1-12,27H,13-14H2. The zero-order chi connectivity index (χ0) is 21.8. The summed E-state index contributed by atoms with van der Waals surface area (Å²) >= 11 is 0. The molecule has 4 rings (SSSR count). The summed E-state index contributed by atoms with van der Waals surface area (Å²) in [5, 5.41) is 17.5.